The van der Waals surface area contributed by atoms with Crippen LogP contribution >= 0.6 is 0 Å². The van der Waals surface area contributed by atoms with Crippen molar-refractivity contribution in [3.63, 3.8) is 0 Å². The van der Waals surface area contributed by atoms with Crippen molar-refractivity contribution < 1.29 is 4.74 Å². The Kier molecular flexibility index (Phi) is 4.01. The predicted molar refractivity (Wildman–Crippen MR) is 86.4 cm³/mol. The van der Waals surface area contributed by atoms with Crippen LogP contribution in [0.1, 0.15) is 12.0 Å². The van der Waals surface area contributed by atoms with Gasteiger partial charge in [0.2, 0.25) is 0 Å². The second-order valence-corrected chi connectivity index (χ2v) is 4.99. The molecule has 0 atom stereocenters. The number of aryl methyl sites for hydroxylation is 1. The van der Waals surface area contributed by atoms with Crippen molar-refractivity contribution in [2.45, 2.75) is 12.8 Å². The minimum absolute atomic E-state index is 0.683. The molecular formula is C18H18N2O. The fourth-order valence-corrected chi connectivity index (χ4v) is 2.40. The van der Waals surface area contributed by atoms with E-state index in [9.17, 15) is 0 Å². The third-order valence-electron chi connectivity index (χ3n) is 3.47. The number of hydrogen-bond acceptors (Lipinski definition) is 3. The Morgan fingerprint density at radius 3 is 2.67 bits per heavy atom. The largest absolute Gasteiger partial charge is 0.493 e. The van der Waals surface area contributed by atoms with Crippen LogP contribution < -0.4 is 10.5 Å². The van der Waals surface area contributed by atoms with Crippen molar-refractivity contribution in [3.8, 4) is 5.75 Å². The first-order valence-electron chi connectivity index (χ1n) is 7.14. The second kappa shape index (κ2) is 6.27. The lowest BCUT2D eigenvalue weighted by molar-refractivity contribution is 0.314. The highest BCUT2D eigenvalue weighted by Crippen LogP contribution is 2.28. The Hall–Kier alpha value is -2.55. The van der Waals surface area contributed by atoms with Crippen LogP contribution in [0.5, 0.6) is 5.75 Å². The molecule has 3 heteroatoms. The highest BCUT2D eigenvalue weighted by atomic mass is 16.5. The van der Waals surface area contributed by atoms with Crippen LogP contribution in [0.2, 0.25) is 0 Å². The zero-order chi connectivity index (χ0) is 14.5. The van der Waals surface area contributed by atoms with Crippen molar-refractivity contribution in [2.24, 2.45) is 0 Å². The summed E-state index contributed by atoms with van der Waals surface area (Å²) in [4.78, 5) is 4.31. The Balaban J connectivity index is 1.65. The summed E-state index contributed by atoms with van der Waals surface area (Å²) in [6.45, 7) is 0.683. The van der Waals surface area contributed by atoms with Crippen LogP contribution in [0.3, 0.4) is 0 Å². The van der Waals surface area contributed by atoms with Gasteiger partial charge in [0.1, 0.15) is 5.75 Å². The van der Waals surface area contributed by atoms with Crippen LogP contribution in [-0.4, -0.2) is 11.6 Å². The molecule has 2 N–H and O–H groups in total. The third-order valence-corrected chi connectivity index (χ3v) is 3.47. The van der Waals surface area contributed by atoms with Crippen molar-refractivity contribution in [1.29, 1.82) is 0 Å². The Morgan fingerprint density at radius 1 is 0.952 bits per heavy atom. The van der Waals surface area contributed by atoms with Gasteiger partial charge in [0.25, 0.3) is 0 Å². The Bertz CT molecular complexity index is 726. The van der Waals surface area contributed by atoms with E-state index >= 15 is 0 Å². The van der Waals surface area contributed by atoms with Gasteiger partial charge in [-0.1, -0.05) is 30.3 Å². The minimum Gasteiger partial charge on any atom is -0.493 e. The molecular weight excluding hydrogens is 260 g/mol. The maximum atomic E-state index is 5.94. The molecule has 1 aromatic heterocycles. The molecule has 0 spiro atoms. The molecule has 0 bridgehead atoms. The summed E-state index contributed by atoms with van der Waals surface area (Å²) in [5, 5.41) is 0.970. The maximum absolute atomic E-state index is 5.94. The van der Waals surface area contributed by atoms with E-state index in [4.69, 9.17) is 10.5 Å². The van der Waals surface area contributed by atoms with Gasteiger partial charge in [0.05, 0.1) is 17.8 Å². The van der Waals surface area contributed by atoms with Crippen LogP contribution in [0.15, 0.2) is 60.8 Å². The number of nitrogens with zero attached hydrogens (tertiary/aromatic N) is 1. The molecule has 0 amide bonds. The van der Waals surface area contributed by atoms with E-state index in [2.05, 4.69) is 29.2 Å². The van der Waals surface area contributed by atoms with Gasteiger partial charge in [-0.25, -0.2) is 0 Å². The smallest absolute Gasteiger partial charge is 0.128 e. The van der Waals surface area contributed by atoms with Gasteiger partial charge in [-0.05, 0) is 42.7 Å². The van der Waals surface area contributed by atoms with Gasteiger partial charge in [-0.3, -0.25) is 4.98 Å². The van der Waals surface area contributed by atoms with Gasteiger partial charge in [-0.2, -0.15) is 0 Å². The molecule has 0 saturated heterocycles. The summed E-state index contributed by atoms with van der Waals surface area (Å²) in [6, 6.07) is 18.1. The fraction of sp³-hybridized carbons (Fsp3) is 0.167. The number of aromatic nitrogens is 1. The van der Waals surface area contributed by atoms with E-state index in [0.717, 1.165) is 29.5 Å². The molecule has 0 radical (unpaired) electrons. The number of nitrogens with two attached hydrogens (primary N) is 1. The standard InChI is InChI=1S/C18H18N2O/c19-16-10-11-17(15-9-4-12-20-18(15)16)21-13-5-8-14-6-2-1-3-7-14/h1-4,6-7,9-12H,5,8,13,19H2. The lowest BCUT2D eigenvalue weighted by Crippen LogP contribution is -2.01. The molecule has 3 nitrogen and oxygen atoms in total. The van der Waals surface area contributed by atoms with E-state index < -0.39 is 0 Å². The molecule has 0 fully saturated rings. The molecule has 1 heterocycles. The lowest BCUT2D eigenvalue weighted by Gasteiger charge is -2.10. The summed E-state index contributed by atoms with van der Waals surface area (Å²) in [6.07, 6.45) is 3.75. The molecule has 0 saturated carbocycles. The van der Waals surface area contributed by atoms with Crippen LogP contribution in [0.4, 0.5) is 5.69 Å². The van der Waals surface area contributed by atoms with Crippen molar-refractivity contribution >= 4 is 16.6 Å². The van der Waals surface area contributed by atoms with E-state index in [1.165, 1.54) is 5.56 Å². The van der Waals surface area contributed by atoms with Crippen LogP contribution in [0.25, 0.3) is 10.9 Å². The summed E-state index contributed by atoms with van der Waals surface area (Å²) in [5.74, 6) is 0.848. The molecule has 3 aromatic rings. The Labute approximate surface area is 124 Å². The molecule has 3 rings (SSSR count). The summed E-state index contributed by atoms with van der Waals surface area (Å²) < 4.78 is 5.90. The van der Waals surface area contributed by atoms with Crippen LogP contribution in [0, 0.1) is 0 Å². The molecule has 0 aliphatic carbocycles. The van der Waals surface area contributed by atoms with Gasteiger partial charge < -0.3 is 10.5 Å². The highest BCUT2D eigenvalue weighted by molar-refractivity contribution is 5.93. The summed E-state index contributed by atoms with van der Waals surface area (Å²) in [7, 11) is 0. The zero-order valence-corrected chi connectivity index (χ0v) is 11.8. The molecule has 0 aliphatic rings. The second-order valence-electron chi connectivity index (χ2n) is 4.99. The maximum Gasteiger partial charge on any atom is 0.128 e. The molecule has 0 aliphatic heterocycles. The number of hydrogen-bond donors (Lipinski definition) is 1. The Morgan fingerprint density at radius 2 is 1.81 bits per heavy atom. The van der Waals surface area contributed by atoms with Gasteiger partial charge in [0, 0.05) is 11.6 Å². The number of ether oxygens (including phenoxy) is 1. The third kappa shape index (κ3) is 3.14. The van der Waals surface area contributed by atoms with Gasteiger partial charge in [-0.15, -0.1) is 0 Å². The predicted octanol–water partition coefficient (Wildman–Crippen LogP) is 3.83. The molecule has 21 heavy (non-hydrogen) atoms. The van der Waals surface area contributed by atoms with Gasteiger partial charge >= 0.3 is 0 Å². The molecule has 2 aromatic carbocycles. The number of anilines is 1. The first kappa shape index (κ1) is 13.4. The van der Waals surface area contributed by atoms with E-state index in [1.54, 1.807) is 6.20 Å². The van der Waals surface area contributed by atoms with Gasteiger partial charge in [0.15, 0.2) is 0 Å². The van der Waals surface area contributed by atoms with E-state index in [0.29, 0.717) is 12.3 Å². The number of pyridine rings is 1. The number of fused-ring (bicyclic) bond motifs is 1. The van der Waals surface area contributed by atoms with Crippen molar-refractivity contribution in [1.82, 2.24) is 4.98 Å². The summed E-state index contributed by atoms with van der Waals surface area (Å²) >= 11 is 0. The fourth-order valence-electron chi connectivity index (χ4n) is 2.40. The monoisotopic (exact) mass is 278 g/mol. The van der Waals surface area contributed by atoms with E-state index in [1.807, 2.05) is 30.3 Å². The normalized spacial score (nSPS) is 10.7. The quantitative estimate of drug-likeness (QED) is 0.570. The average molecular weight is 278 g/mol. The topological polar surface area (TPSA) is 48.1 Å². The van der Waals surface area contributed by atoms with E-state index in [-0.39, 0.29) is 0 Å². The number of rotatable bonds is 5. The van der Waals surface area contributed by atoms with Crippen molar-refractivity contribution in [3.05, 3.63) is 66.4 Å². The lowest BCUT2D eigenvalue weighted by atomic mass is 10.1. The van der Waals surface area contributed by atoms with Crippen LogP contribution in [-0.2, 0) is 6.42 Å². The SMILES string of the molecule is Nc1ccc(OCCCc2ccccc2)c2cccnc12. The minimum atomic E-state index is 0.683. The molecule has 0 unspecified atom stereocenters. The average Bonchev–Trinajstić information content (AvgIpc) is 2.55. The highest BCUT2D eigenvalue weighted by Gasteiger charge is 2.05. The zero-order valence-electron chi connectivity index (χ0n) is 11.8. The number of nitrogen functional groups attached to an aromatic ring is 1. The van der Waals surface area contributed by atoms with Crippen molar-refractivity contribution in [2.75, 3.05) is 12.3 Å². The summed E-state index contributed by atoms with van der Waals surface area (Å²) in [5.41, 5.74) is 8.76. The first-order valence-corrected chi connectivity index (χ1v) is 7.14. The number of benzene rings is 2. The first-order chi connectivity index (χ1) is 10.3. The molecule has 106 valence electrons.